The lowest BCUT2D eigenvalue weighted by atomic mass is 9.72. The van der Waals surface area contributed by atoms with Crippen LogP contribution in [0, 0.1) is 11.3 Å². The minimum absolute atomic E-state index is 0.145. The van der Waals surface area contributed by atoms with Crippen molar-refractivity contribution in [2.75, 3.05) is 11.1 Å². The molecule has 0 aliphatic heterocycles. The van der Waals surface area contributed by atoms with Gasteiger partial charge < -0.3 is 11.1 Å². The van der Waals surface area contributed by atoms with Gasteiger partial charge in [0.25, 0.3) is 5.91 Å². The fourth-order valence-electron chi connectivity index (χ4n) is 3.52. The van der Waals surface area contributed by atoms with E-state index in [1.165, 1.54) is 28.0 Å². The van der Waals surface area contributed by atoms with E-state index in [0.29, 0.717) is 21.5 Å². The van der Waals surface area contributed by atoms with Gasteiger partial charge in [-0.15, -0.1) is 23.1 Å². The number of carbonyl (C=O) groups excluding carboxylic acids is 2. The van der Waals surface area contributed by atoms with E-state index < -0.39 is 5.91 Å². The van der Waals surface area contributed by atoms with Crippen LogP contribution in [0.2, 0.25) is 5.02 Å². The zero-order valence-corrected chi connectivity index (χ0v) is 18.7. The van der Waals surface area contributed by atoms with Gasteiger partial charge >= 0.3 is 0 Å². The second kappa shape index (κ2) is 8.47. The number of nitrogens with one attached hydrogen (secondary N) is 1. The van der Waals surface area contributed by atoms with Crippen molar-refractivity contribution in [1.82, 2.24) is 0 Å². The summed E-state index contributed by atoms with van der Waals surface area (Å²) in [5.74, 6) is 0.205. The van der Waals surface area contributed by atoms with Crippen molar-refractivity contribution in [2.45, 2.75) is 44.9 Å². The molecule has 0 saturated carbocycles. The van der Waals surface area contributed by atoms with Crippen LogP contribution in [0.3, 0.4) is 0 Å². The van der Waals surface area contributed by atoms with Crippen molar-refractivity contribution in [2.24, 2.45) is 17.1 Å². The normalized spacial score (nSPS) is 16.5. The summed E-state index contributed by atoms with van der Waals surface area (Å²) < 4.78 is 0. The second-order valence-electron chi connectivity index (χ2n) is 8.17. The van der Waals surface area contributed by atoms with E-state index in [0.717, 1.165) is 29.7 Å². The van der Waals surface area contributed by atoms with E-state index in [4.69, 9.17) is 17.3 Å². The molecular formula is C21H25ClN2O2S2. The molecule has 0 unspecified atom stereocenters. The largest absolute Gasteiger partial charge is 0.365 e. The minimum atomic E-state index is -0.465. The number of benzene rings is 1. The van der Waals surface area contributed by atoms with Gasteiger partial charge in [-0.1, -0.05) is 32.4 Å². The lowest BCUT2D eigenvalue weighted by Crippen LogP contribution is -2.27. The lowest BCUT2D eigenvalue weighted by molar-refractivity contribution is -0.113. The third-order valence-electron chi connectivity index (χ3n) is 5.17. The maximum absolute atomic E-state index is 12.5. The van der Waals surface area contributed by atoms with Crippen LogP contribution in [-0.4, -0.2) is 17.6 Å². The molecule has 7 heteroatoms. The third kappa shape index (κ3) is 4.91. The van der Waals surface area contributed by atoms with Gasteiger partial charge in [0, 0.05) is 14.8 Å². The van der Waals surface area contributed by atoms with Crippen molar-refractivity contribution in [3.05, 3.63) is 45.3 Å². The van der Waals surface area contributed by atoms with E-state index in [1.54, 1.807) is 12.1 Å². The maximum atomic E-state index is 12.5. The Bertz CT molecular complexity index is 885. The average Bonchev–Trinajstić information content (AvgIpc) is 2.97. The van der Waals surface area contributed by atoms with E-state index in [9.17, 15) is 9.59 Å². The Morgan fingerprint density at radius 3 is 2.57 bits per heavy atom. The smallest absolute Gasteiger partial charge is 0.251 e. The molecule has 0 radical (unpaired) electrons. The van der Waals surface area contributed by atoms with Gasteiger partial charge in [0.2, 0.25) is 5.91 Å². The Morgan fingerprint density at radius 1 is 1.29 bits per heavy atom. The first-order chi connectivity index (χ1) is 13.1. The number of hydrogen-bond acceptors (Lipinski definition) is 4. The second-order valence-corrected chi connectivity index (χ2v) is 10.8. The molecule has 0 bridgehead atoms. The van der Waals surface area contributed by atoms with E-state index in [1.807, 2.05) is 12.1 Å². The summed E-state index contributed by atoms with van der Waals surface area (Å²) in [6.07, 6.45) is 2.80. The first-order valence-electron chi connectivity index (χ1n) is 9.27. The molecule has 3 rings (SSSR count). The standard InChI is InChI=1S/C21H25ClN2O2S2/c1-21(2,3)12-4-9-15-16(10-12)28-20(18(15)19(23)26)24-17(25)11-27-14-7-5-13(22)6-8-14/h5-8,12H,4,9-11H2,1-3H3,(H2,23,26)(H,24,25)/t12-/m1/s1. The molecule has 1 aliphatic carbocycles. The molecule has 1 aromatic heterocycles. The molecule has 0 fully saturated rings. The minimum Gasteiger partial charge on any atom is -0.365 e. The van der Waals surface area contributed by atoms with Gasteiger partial charge in [0.1, 0.15) is 5.00 Å². The van der Waals surface area contributed by atoms with Crippen LogP contribution < -0.4 is 11.1 Å². The highest BCUT2D eigenvalue weighted by atomic mass is 35.5. The molecule has 4 nitrogen and oxygen atoms in total. The highest BCUT2D eigenvalue weighted by Crippen LogP contribution is 2.44. The zero-order valence-electron chi connectivity index (χ0n) is 16.3. The summed E-state index contributed by atoms with van der Waals surface area (Å²) in [5, 5.41) is 4.17. The monoisotopic (exact) mass is 436 g/mol. The molecule has 2 amide bonds. The molecule has 150 valence electrons. The zero-order chi connectivity index (χ0) is 20.5. The summed E-state index contributed by atoms with van der Waals surface area (Å²) in [7, 11) is 0. The Labute approximate surface area is 179 Å². The van der Waals surface area contributed by atoms with Crippen LogP contribution >= 0.6 is 34.7 Å². The third-order valence-corrected chi connectivity index (χ3v) is 7.61. The van der Waals surface area contributed by atoms with Crippen molar-refractivity contribution >= 4 is 51.5 Å². The maximum Gasteiger partial charge on any atom is 0.251 e. The number of carbonyl (C=O) groups is 2. The molecule has 1 aromatic carbocycles. The van der Waals surface area contributed by atoms with Gasteiger partial charge in [0.15, 0.2) is 0 Å². The molecule has 28 heavy (non-hydrogen) atoms. The number of halogens is 1. The van der Waals surface area contributed by atoms with Crippen molar-refractivity contribution in [3.63, 3.8) is 0 Å². The Kier molecular flexibility index (Phi) is 6.42. The van der Waals surface area contributed by atoms with Crippen LogP contribution in [0.15, 0.2) is 29.2 Å². The number of fused-ring (bicyclic) bond motifs is 1. The quantitative estimate of drug-likeness (QED) is 0.618. The van der Waals surface area contributed by atoms with Gasteiger partial charge in [-0.25, -0.2) is 0 Å². The summed E-state index contributed by atoms with van der Waals surface area (Å²) in [6, 6.07) is 7.36. The average molecular weight is 437 g/mol. The number of thiophene rings is 1. The topological polar surface area (TPSA) is 72.2 Å². The fourth-order valence-corrected chi connectivity index (χ4v) is 5.69. The van der Waals surface area contributed by atoms with Crippen LogP contribution in [-0.2, 0) is 17.6 Å². The van der Waals surface area contributed by atoms with Gasteiger partial charge in [-0.3, -0.25) is 9.59 Å². The molecule has 1 atom stereocenters. The highest BCUT2D eigenvalue weighted by Gasteiger charge is 2.33. The van der Waals surface area contributed by atoms with Gasteiger partial charge in [0.05, 0.1) is 11.3 Å². The molecule has 1 heterocycles. The number of amides is 2. The number of thioether (sulfide) groups is 1. The van der Waals surface area contributed by atoms with Crippen LogP contribution in [0.5, 0.6) is 0 Å². The molecule has 2 aromatic rings. The van der Waals surface area contributed by atoms with Gasteiger partial charge in [-0.05, 0) is 60.4 Å². The Morgan fingerprint density at radius 2 is 1.96 bits per heavy atom. The summed E-state index contributed by atoms with van der Waals surface area (Å²) in [6.45, 7) is 6.76. The number of anilines is 1. The summed E-state index contributed by atoms with van der Waals surface area (Å²) in [4.78, 5) is 26.7. The molecule has 1 aliphatic rings. The molecule has 0 saturated heterocycles. The Balaban J connectivity index is 1.73. The summed E-state index contributed by atoms with van der Waals surface area (Å²) in [5.41, 5.74) is 7.40. The predicted octanol–water partition coefficient (Wildman–Crippen LogP) is 5.38. The van der Waals surface area contributed by atoms with E-state index >= 15 is 0 Å². The Hall–Kier alpha value is -1.50. The van der Waals surface area contributed by atoms with E-state index in [2.05, 4.69) is 26.1 Å². The number of rotatable bonds is 5. The first kappa shape index (κ1) is 21.2. The fraction of sp³-hybridized carbons (Fsp3) is 0.429. The van der Waals surface area contributed by atoms with Crippen LogP contribution in [0.25, 0.3) is 0 Å². The van der Waals surface area contributed by atoms with Gasteiger partial charge in [-0.2, -0.15) is 0 Å². The van der Waals surface area contributed by atoms with Crippen molar-refractivity contribution < 1.29 is 9.59 Å². The van der Waals surface area contributed by atoms with Crippen molar-refractivity contribution in [1.29, 1.82) is 0 Å². The number of nitrogens with two attached hydrogens (primary N) is 1. The highest BCUT2D eigenvalue weighted by molar-refractivity contribution is 8.00. The number of primary amides is 1. The number of hydrogen-bond donors (Lipinski definition) is 2. The lowest BCUT2D eigenvalue weighted by Gasteiger charge is -2.33. The predicted molar refractivity (Wildman–Crippen MR) is 119 cm³/mol. The summed E-state index contributed by atoms with van der Waals surface area (Å²) >= 11 is 8.82. The van der Waals surface area contributed by atoms with Crippen LogP contribution in [0.1, 0.15) is 48.0 Å². The van der Waals surface area contributed by atoms with Crippen LogP contribution in [0.4, 0.5) is 5.00 Å². The first-order valence-corrected chi connectivity index (χ1v) is 11.5. The van der Waals surface area contributed by atoms with E-state index in [-0.39, 0.29) is 17.1 Å². The SMILES string of the molecule is CC(C)(C)[C@@H]1CCc2c(sc(NC(=O)CSc3ccc(Cl)cc3)c2C(N)=O)C1. The molecular weight excluding hydrogens is 412 g/mol. The molecule has 3 N–H and O–H groups in total. The van der Waals surface area contributed by atoms with Crippen molar-refractivity contribution in [3.8, 4) is 0 Å². The molecule has 0 spiro atoms.